The maximum Gasteiger partial charge on any atom is 0.313 e. The van der Waals surface area contributed by atoms with Crippen LogP contribution in [-0.2, 0) is 0 Å². The third-order valence-electron chi connectivity index (χ3n) is 2.16. The summed E-state index contributed by atoms with van der Waals surface area (Å²) in [6, 6.07) is 10.1. The average molecular weight is 266 g/mol. The van der Waals surface area contributed by atoms with Crippen LogP contribution in [0.25, 0.3) is 0 Å². The van der Waals surface area contributed by atoms with Crippen molar-refractivity contribution in [2.24, 2.45) is 0 Å². The number of benzene rings is 2. The first kappa shape index (κ1) is 12.2. The lowest BCUT2D eigenvalue weighted by Crippen LogP contribution is -1.93. The zero-order valence-corrected chi connectivity index (χ0v) is 9.79. The third kappa shape index (κ3) is 2.70. The molecule has 0 aromatic heterocycles. The van der Waals surface area contributed by atoms with E-state index < -0.39 is 4.92 Å². The highest BCUT2D eigenvalue weighted by Gasteiger charge is 2.16. The van der Waals surface area contributed by atoms with Crippen LogP contribution in [0.1, 0.15) is 0 Å². The molecule has 0 radical (unpaired) electrons. The monoisotopic (exact) mass is 265 g/mol. The molecule has 2 rings (SSSR count). The molecule has 0 bridgehead atoms. The molecule has 0 aliphatic carbocycles. The van der Waals surface area contributed by atoms with Crippen molar-refractivity contribution in [1.29, 1.82) is 0 Å². The summed E-state index contributed by atoms with van der Waals surface area (Å²) in [6.07, 6.45) is 0. The molecule has 0 unspecified atom stereocenters. The fourth-order valence-corrected chi connectivity index (χ4v) is 1.56. The van der Waals surface area contributed by atoms with Crippen molar-refractivity contribution in [2.75, 3.05) is 0 Å². The van der Waals surface area contributed by atoms with Crippen molar-refractivity contribution in [3.05, 3.63) is 57.6 Å². The quantitative estimate of drug-likeness (QED) is 0.678. The summed E-state index contributed by atoms with van der Waals surface area (Å²) < 4.78 is 5.35. The Kier molecular flexibility index (Phi) is 3.34. The molecular weight excluding hydrogens is 258 g/mol. The summed E-state index contributed by atoms with van der Waals surface area (Å²) in [4.78, 5) is 10.3. The number of hydrogen-bond acceptors (Lipinski definition) is 4. The molecule has 2 aromatic rings. The van der Waals surface area contributed by atoms with Crippen LogP contribution in [0.3, 0.4) is 0 Å². The van der Waals surface area contributed by atoms with E-state index in [1.165, 1.54) is 30.3 Å². The Morgan fingerprint density at radius 2 is 2.00 bits per heavy atom. The molecule has 6 heteroatoms. The molecule has 1 N–H and O–H groups in total. The van der Waals surface area contributed by atoms with Gasteiger partial charge in [0.15, 0.2) is 0 Å². The molecule has 0 saturated carbocycles. The second-order valence-electron chi connectivity index (χ2n) is 3.47. The predicted octanol–water partition coefficient (Wildman–Crippen LogP) is 3.75. The number of hydrogen-bond donors (Lipinski definition) is 1. The average Bonchev–Trinajstić information content (AvgIpc) is 2.31. The first-order chi connectivity index (χ1) is 8.56. The molecule has 0 atom stereocenters. The van der Waals surface area contributed by atoms with Crippen LogP contribution in [0.4, 0.5) is 5.69 Å². The molecule has 18 heavy (non-hydrogen) atoms. The highest BCUT2D eigenvalue weighted by molar-refractivity contribution is 6.30. The van der Waals surface area contributed by atoms with E-state index in [4.69, 9.17) is 16.3 Å². The van der Waals surface area contributed by atoms with E-state index in [2.05, 4.69) is 0 Å². The van der Waals surface area contributed by atoms with Gasteiger partial charge in [0, 0.05) is 17.2 Å². The number of phenols is 1. The van der Waals surface area contributed by atoms with Crippen molar-refractivity contribution >= 4 is 17.3 Å². The first-order valence-corrected chi connectivity index (χ1v) is 5.35. The lowest BCUT2D eigenvalue weighted by molar-refractivity contribution is -0.385. The van der Waals surface area contributed by atoms with Crippen molar-refractivity contribution < 1.29 is 14.8 Å². The second-order valence-corrected chi connectivity index (χ2v) is 3.91. The molecule has 0 amide bonds. The normalized spacial score (nSPS) is 10.1. The lowest BCUT2D eigenvalue weighted by atomic mass is 10.3. The zero-order chi connectivity index (χ0) is 13.1. The molecule has 0 saturated heterocycles. The Morgan fingerprint density at radius 1 is 1.22 bits per heavy atom. The van der Waals surface area contributed by atoms with Crippen LogP contribution < -0.4 is 4.74 Å². The van der Waals surface area contributed by atoms with Crippen molar-refractivity contribution in [2.45, 2.75) is 0 Å². The van der Waals surface area contributed by atoms with E-state index >= 15 is 0 Å². The van der Waals surface area contributed by atoms with Crippen molar-refractivity contribution in [3.8, 4) is 17.2 Å². The van der Waals surface area contributed by atoms with Crippen LogP contribution in [0.5, 0.6) is 17.2 Å². The summed E-state index contributed by atoms with van der Waals surface area (Å²) in [6.45, 7) is 0. The van der Waals surface area contributed by atoms with Gasteiger partial charge in [0.2, 0.25) is 5.75 Å². The van der Waals surface area contributed by atoms with Gasteiger partial charge in [-0.15, -0.1) is 0 Å². The molecule has 0 fully saturated rings. The van der Waals surface area contributed by atoms with Gasteiger partial charge in [-0.3, -0.25) is 10.1 Å². The van der Waals surface area contributed by atoms with Gasteiger partial charge < -0.3 is 9.84 Å². The van der Waals surface area contributed by atoms with Crippen molar-refractivity contribution in [1.82, 2.24) is 0 Å². The highest BCUT2D eigenvalue weighted by atomic mass is 35.5. The molecule has 2 aromatic carbocycles. The van der Waals surface area contributed by atoms with Gasteiger partial charge in [-0.25, -0.2) is 0 Å². The Labute approximate surface area is 107 Å². The predicted molar refractivity (Wildman–Crippen MR) is 66.3 cm³/mol. The maximum absolute atomic E-state index is 10.8. The summed E-state index contributed by atoms with van der Waals surface area (Å²) >= 11 is 5.69. The fourth-order valence-electron chi connectivity index (χ4n) is 1.39. The van der Waals surface area contributed by atoms with Gasteiger partial charge in [0.05, 0.1) is 4.92 Å². The Morgan fingerprint density at radius 3 is 2.67 bits per heavy atom. The molecule has 0 aliphatic rings. The maximum atomic E-state index is 10.8. The molecule has 92 valence electrons. The Balaban J connectivity index is 2.37. The van der Waals surface area contributed by atoms with E-state index in [0.29, 0.717) is 5.75 Å². The molecule has 0 aliphatic heterocycles. The molecule has 0 heterocycles. The number of ether oxygens (including phenoxy) is 1. The van der Waals surface area contributed by atoms with Crippen LogP contribution in [0.2, 0.25) is 5.02 Å². The minimum absolute atomic E-state index is 0.0177. The third-order valence-corrected chi connectivity index (χ3v) is 2.40. The standard InChI is InChI=1S/C12H8ClNO4/c13-8-4-5-12(11(6-8)14(16)17)18-10-3-1-2-9(15)7-10/h1-7,15H. The lowest BCUT2D eigenvalue weighted by Gasteiger charge is -2.06. The van der Waals surface area contributed by atoms with Crippen molar-refractivity contribution in [3.63, 3.8) is 0 Å². The highest BCUT2D eigenvalue weighted by Crippen LogP contribution is 2.34. The summed E-state index contributed by atoms with van der Waals surface area (Å²) in [5, 5.41) is 20.4. The number of halogens is 1. The van der Waals surface area contributed by atoms with Gasteiger partial charge >= 0.3 is 5.69 Å². The SMILES string of the molecule is O=[N+]([O-])c1cc(Cl)ccc1Oc1cccc(O)c1. The number of phenolic OH excluding ortho intramolecular Hbond substituents is 1. The summed E-state index contributed by atoms with van der Waals surface area (Å²) in [7, 11) is 0. The molecule has 0 spiro atoms. The van der Waals surface area contributed by atoms with Crippen LogP contribution in [-0.4, -0.2) is 10.0 Å². The Hall–Kier alpha value is -2.27. The van der Waals surface area contributed by atoms with E-state index in [0.717, 1.165) is 0 Å². The second kappa shape index (κ2) is 4.93. The molecular formula is C12H8ClNO4. The number of aromatic hydroxyl groups is 1. The number of nitro benzene ring substituents is 1. The number of nitro groups is 1. The number of nitrogens with zero attached hydrogens (tertiary/aromatic N) is 1. The zero-order valence-electron chi connectivity index (χ0n) is 9.04. The number of rotatable bonds is 3. The minimum atomic E-state index is -0.579. The van der Waals surface area contributed by atoms with Crippen LogP contribution in [0, 0.1) is 10.1 Å². The summed E-state index contributed by atoms with van der Waals surface area (Å²) in [5.74, 6) is 0.388. The minimum Gasteiger partial charge on any atom is -0.508 e. The van der Waals surface area contributed by atoms with Gasteiger partial charge in [-0.1, -0.05) is 17.7 Å². The van der Waals surface area contributed by atoms with Gasteiger partial charge in [0.25, 0.3) is 0 Å². The van der Waals surface area contributed by atoms with E-state index in [-0.39, 0.29) is 22.2 Å². The van der Waals surface area contributed by atoms with Crippen LogP contribution in [0.15, 0.2) is 42.5 Å². The topological polar surface area (TPSA) is 72.6 Å². The van der Waals surface area contributed by atoms with Gasteiger partial charge in [-0.2, -0.15) is 0 Å². The molecule has 5 nitrogen and oxygen atoms in total. The van der Waals surface area contributed by atoms with E-state index in [9.17, 15) is 15.2 Å². The van der Waals surface area contributed by atoms with Crippen LogP contribution >= 0.6 is 11.6 Å². The van der Waals surface area contributed by atoms with E-state index in [1.807, 2.05) is 0 Å². The van der Waals surface area contributed by atoms with E-state index in [1.54, 1.807) is 12.1 Å². The fraction of sp³-hybridized carbons (Fsp3) is 0. The smallest absolute Gasteiger partial charge is 0.313 e. The van der Waals surface area contributed by atoms with Gasteiger partial charge in [-0.05, 0) is 24.3 Å². The van der Waals surface area contributed by atoms with Gasteiger partial charge in [0.1, 0.15) is 11.5 Å². The summed E-state index contributed by atoms with van der Waals surface area (Å²) in [5.41, 5.74) is -0.231. The largest absolute Gasteiger partial charge is 0.508 e. The first-order valence-electron chi connectivity index (χ1n) is 4.97. The Bertz CT molecular complexity index is 600.